The zero-order chi connectivity index (χ0) is 13.1. The van der Waals surface area contributed by atoms with Gasteiger partial charge in [-0.2, -0.15) is 5.10 Å². The Bertz CT molecular complexity index is 527. The number of aromatic nitrogens is 4. The predicted octanol–water partition coefficient (Wildman–Crippen LogP) is 0.887. The summed E-state index contributed by atoms with van der Waals surface area (Å²) in [6.45, 7) is 5.12. The van der Waals surface area contributed by atoms with E-state index in [1.165, 1.54) is 5.56 Å². The van der Waals surface area contributed by atoms with Crippen LogP contribution in [0.15, 0.2) is 30.9 Å². The first-order valence-electron chi connectivity index (χ1n) is 6.44. The summed E-state index contributed by atoms with van der Waals surface area (Å²) in [4.78, 5) is 10.7. The average molecular weight is 259 g/mol. The summed E-state index contributed by atoms with van der Waals surface area (Å²) in [6.07, 6.45) is 7.55. The molecule has 6 heteroatoms. The average Bonchev–Trinajstić information content (AvgIpc) is 2.85. The lowest BCUT2D eigenvalue weighted by Crippen LogP contribution is -2.45. The van der Waals surface area contributed by atoms with Crippen LogP contribution >= 0.6 is 0 Å². The minimum atomic E-state index is 0.122. The molecule has 1 aliphatic heterocycles. The highest BCUT2D eigenvalue weighted by atomic mass is 16.5. The molecular weight excluding hydrogens is 242 g/mol. The zero-order valence-electron chi connectivity index (χ0n) is 10.9. The Balaban J connectivity index is 1.65. The Labute approximate surface area is 112 Å². The van der Waals surface area contributed by atoms with Crippen LogP contribution in [0.2, 0.25) is 0 Å². The number of rotatable bonds is 3. The molecule has 2 aromatic rings. The second kappa shape index (κ2) is 5.36. The van der Waals surface area contributed by atoms with Gasteiger partial charge in [0.15, 0.2) is 0 Å². The lowest BCUT2D eigenvalue weighted by molar-refractivity contribution is 0.0269. The lowest BCUT2D eigenvalue weighted by atomic mass is 10.3. The lowest BCUT2D eigenvalue weighted by Gasteiger charge is -2.32. The van der Waals surface area contributed by atoms with Gasteiger partial charge in [-0.25, -0.2) is 9.97 Å². The zero-order valence-corrected chi connectivity index (χ0v) is 10.9. The van der Waals surface area contributed by atoms with Gasteiger partial charge in [-0.15, -0.1) is 0 Å². The first kappa shape index (κ1) is 12.1. The van der Waals surface area contributed by atoms with E-state index in [0.29, 0.717) is 6.61 Å². The van der Waals surface area contributed by atoms with Gasteiger partial charge in [-0.05, 0) is 18.6 Å². The van der Waals surface area contributed by atoms with Gasteiger partial charge in [0.2, 0.25) is 5.95 Å². The molecule has 1 saturated heterocycles. The first-order chi connectivity index (χ1) is 9.31. The Hall–Kier alpha value is -1.95. The minimum Gasteiger partial charge on any atom is -0.373 e. The topological polar surface area (TPSA) is 56.1 Å². The van der Waals surface area contributed by atoms with Gasteiger partial charge in [0.25, 0.3) is 0 Å². The maximum absolute atomic E-state index is 5.78. The van der Waals surface area contributed by atoms with Gasteiger partial charge in [0.1, 0.15) is 0 Å². The summed E-state index contributed by atoms with van der Waals surface area (Å²) in [5, 5.41) is 4.29. The van der Waals surface area contributed by atoms with Crippen molar-refractivity contribution < 1.29 is 4.74 Å². The number of ether oxygens (including phenoxy) is 1. The summed E-state index contributed by atoms with van der Waals surface area (Å²) >= 11 is 0. The first-order valence-corrected chi connectivity index (χ1v) is 6.44. The molecule has 19 heavy (non-hydrogen) atoms. The van der Waals surface area contributed by atoms with E-state index in [4.69, 9.17) is 4.74 Å². The summed E-state index contributed by atoms with van der Waals surface area (Å²) in [7, 11) is 0. The van der Waals surface area contributed by atoms with Crippen molar-refractivity contribution in [1.82, 2.24) is 19.7 Å². The van der Waals surface area contributed by atoms with Crippen LogP contribution in [0.25, 0.3) is 0 Å². The number of morpholine rings is 1. The molecule has 1 fully saturated rings. The van der Waals surface area contributed by atoms with Crippen LogP contribution in [0, 0.1) is 6.92 Å². The molecule has 100 valence electrons. The van der Waals surface area contributed by atoms with Crippen molar-refractivity contribution in [2.24, 2.45) is 0 Å². The van der Waals surface area contributed by atoms with Crippen molar-refractivity contribution in [2.45, 2.75) is 19.6 Å². The molecule has 0 bridgehead atoms. The highest BCUT2D eigenvalue weighted by Crippen LogP contribution is 2.13. The normalized spacial score (nSPS) is 19.6. The summed E-state index contributed by atoms with van der Waals surface area (Å²) in [5.74, 6) is 0.771. The van der Waals surface area contributed by atoms with Crippen LogP contribution in [-0.2, 0) is 11.3 Å². The van der Waals surface area contributed by atoms with E-state index in [1.807, 2.05) is 30.1 Å². The fourth-order valence-electron chi connectivity index (χ4n) is 2.24. The van der Waals surface area contributed by atoms with Crippen LogP contribution in [0.3, 0.4) is 0 Å². The van der Waals surface area contributed by atoms with Gasteiger partial charge in [-0.3, -0.25) is 4.68 Å². The van der Waals surface area contributed by atoms with Crippen molar-refractivity contribution in [1.29, 1.82) is 0 Å². The summed E-state index contributed by atoms with van der Waals surface area (Å²) < 4.78 is 7.71. The van der Waals surface area contributed by atoms with Gasteiger partial charge >= 0.3 is 0 Å². The van der Waals surface area contributed by atoms with E-state index in [-0.39, 0.29) is 6.10 Å². The van der Waals surface area contributed by atoms with Crippen LogP contribution < -0.4 is 4.90 Å². The Morgan fingerprint density at radius 3 is 2.95 bits per heavy atom. The molecule has 0 N–H and O–H groups in total. The smallest absolute Gasteiger partial charge is 0.225 e. The van der Waals surface area contributed by atoms with Gasteiger partial charge in [-0.1, -0.05) is 0 Å². The van der Waals surface area contributed by atoms with E-state index in [2.05, 4.69) is 20.0 Å². The second-order valence-electron chi connectivity index (χ2n) is 4.73. The molecule has 0 spiro atoms. The molecule has 1 aliphatic rings. The Morgan fingerprint density at radius 2 is 2.21 bits per heavy atom. The third-order valence-corrected chi connectivity index (χ3v) is 3.13. The fourth-order valence-corrected chi connectivity index (χ4v) is 2.24. The molecule has 3 rings (SSSR count). The summed E-state index contributed by atoms with van der Waals surface area (Å²) in [5.41, 5.74) is 1.17. The molecule has 3 heterocycles. The largest absolute Gasteiger partial charge is 0.373 e. The molecular formula is C13H17N5O. The van der Waals surface area contributed by atoms with Crippen LogP contribution in [0.1, 0.15) is 5.56 Å². The van der Waals surface area contributed by atoms with Crippen molar-refractivity contribution >= 4 is 5.95 Å². The van der Waals surface area contributed by atoms with Crippen LogP contribution in [0.5, 0.6) is 0 Å². The van der Waals surface area contributed by atoms with E-state index >= 15 is 0 Å². The molecule has 0 amide bonds. The van der Waals surface area contributed by atoms with Crippen molar-refractivity contribution in [3.63, 3.8) is 0 Å². The van der Waals surface area contributed by atoms with Crippen LogP contribution in [0.4, 0.5) is 5.95 Å². The van der Waals surface area contributed by atoms with Gasteiger partial charge in [0, 0.05) is 31.7 Å². The molecule has 0 radical (unpaired) electrons. The number of hydrogen-bond donors (Lipinski definition) is 0. The molecule has 0 saturated carbocycles. The predicted molar refractivity (Wildman–Crippen MR) is 70.9 cm³/mol. The highest BCUT2D eigenvalue weighted by molar-refractivity contribution is 5.29. The SMILES string of the molecule is Cc1cnn(CC2CN(c3ncccn3)CCO2)c1. The Morgan fingerprint density at radius 1 is 1.37 bits per heavy atom. The monoisotopic (exact) mass is 259 g/mol. The quantitative estimate of drug-likeness (QED) is 0.819. The van der Waals surface area contributed by atoms with Crippen LogP contribution in [-0.4, -0.2) is 45.5 Å². The third kappa shape index (κ3) is 2.90. The highest BCUT2D eigenvalue weighted by Gasteiger charge is 2.22. The molecule has 2 aromatic heterocycles. The van der Waals surface area contributed by atoms with E-state index in [0.717, 1.165) is 25.6 Å². The standard InChI is InChI=1S/C13H17N5O/c1-11-7-16-18(8-11)10-12-9-17(5-6-19-12)13-14-3-2-4-15-13/h2-4,7-8,12H,5-6,9-10H2,1H3. The second-order valence-corrected chi connectivity index (χ2v) is 4.73. The van der Waals surface area contributed by atoms with Gasteiger partial charge in [0.05, 0.1) is 25.5 Å². The van der Waals surface area contributed by atoms with E-state index < -0.39 is 0 Å². The number of nitrogens with zero attached hydrogens (tertiary/aromatic N) is 5. The summed E-state index contributed by atoms with van der Waals surface area (Å²) in [6, 6.07) is 1.83. The molecule has 1 atom stereocenters. The molecule has 0 aromatic carbocycles. The fraction of sp³-hybridized carbons (Fsp3) is 0.462. The van der Waals surface area contributed by atoms with E-state index in [1.54, 1.807) is 12.4 Å². The molecule has 0 aliphatic carbocycles. The number of aryl methyl sites for hydroxylation is 1. The maximum Gasteiger partial charge on any atom is 0.225 e. The number of anilines is 1. The Kier molecular flexibility index (Phi) is 3.41. The number of hydrogen-bond acceptors (Lipinski definition) is 5. The van der Waals surface area contributed by atoms with Crippen molar-refractivity contribution in [3.05, 3.63) is 36.4 Å². The molecule has 1 unspecified atom stereocenters. The van der Waals surface area contributed by atoms with Crippen molar-refractivity contribution in [3.8, 4) is 0 Å². The maximum atomic E-state index is 5.78. The van der Waals surface area contributed by atoms with Crippen molar-refractivity contribution in [2.75, 3.05) is 24.6 Å². The minimum absolute atomic E-state index is 0.122. The van der Waals surface area contributed by atoms with E-state index in [9.17, 15) is 0 Å². The van der Waals surface area contributed by atoms with Gasteiger partial charge < -0.3 is 9.64 Å². The third-order valence-electron chi connectivity index (χ3n) is 3.13. The molecule has 6 nitrogen and oxygen atoms in total.